The first kappa shape index (κ1) is 12.8. The second kappa shape index (κ2) is 5.13. The first-order chi connectivity index (χ1) is 10.3. The van der Waals surface area contributed by atoms with E-state index in [1.54, 1.807) is 12.3 Å². The van der Waals surface area contributed by atoms with Crippen LogP contribution in [-0.2, 0) is 19.5 Å². The molecule has 0 saturated carbocycles. The Bertz CT molecular complexity index is 796. The number of hydrogen-bond donors (Lipinski definition) is 1. The summed E-state index contributed by atoms with van der Waals surface area (Å²) in [5.41, 5.74) is 2.42. The summed E-state index contributed by atoms with van der Waals surface area (Å²) in [5, 5.41) is 14.6. The van der Waals surface area contributed by atoms with Crippen LogP contribution in [0, 0.1) is 0 Å². The summed E-state index contributed by atoms with van der Waals surface area (Å²) in [4.78, 5) is 8.12. The van der Waals surface area contributed by atoms with E-state index in [9.17, 15) is 5.11 Å². The van der Waals surface area contributed by atoms with Gasteiger partial charge < -0.3 is 5.11 Å². The second-order valence-corrected chi connectivity index (χ2v) is 6.49. The summed E-state index contributed by atoms with van der Waals surface area (Å²) < 4.78 is 0. The van der Waals surface area contributed by atoms with Crippen molar-refractivity contribution in [1.29, 1.82) is 0 Å². The van der Waals surface area contributed by atoms with Crippen molar-refractivity contribution in [2.75, 3.05) is 6.54 Å². The molecular formula is C17H16N2OS. The van der Waals surface area contributed by atoms with Crippen LogP contribution in [0.4, 0.5) is 0 Å². The van der Waals surface area contributed by atoms with Crippen molar-refractivity contribution in [2.24, 2.45) is 0 Å². The molecular weight excluding hydrogens is 280 g/mol. The lowest BCUT2D eigenvalue weighted by Crippen LogP contribution is -2.29. The Labute approximate surface area is 127 Å². The van der Waals surface area contributed by atoms with E-state index in [0.29, 0.717) is 5.75 Å². The summed E-state index contributed by atoms with van der Waals surface area (Å²) in [7, 11) is 0. The predicted molar refractivity (Wildman–Crippen MR) is 85.5 cm³/mol. The Morgan fingerprint density at radius 3 is 3.14 bits per heavy atom. The molecule has 0 unspecified atom stereocenters. The van der Waals surface area contributed by atoms with Gasteiger partial charge in [0.1, 0.15) is 5.75 Å². The highest BCUT2D eigenvalue weighted by Crippen LogP contribution is 2.30. The van der Waals surface area contributed by atoms with E-state index in [1.165, 1.54) is 10.4 Å². The highest BCUT2D eigenvalue weighted by Gasteiger charge is 2.19. The Morgan fingerprint density at radius 2 is 2.19 bits per heavy atom. The molecule has 4 heteroatoms. The third-order valence-electron chi connectivity index (χ3n) is 4.18. The molecule has 1 aliphatic heterocycles. The van der Waals surface area contributed by atoms with E-state index in [4.69, 9.17) is 0 Å². The Morgan fingerprint density at radius 1 is 1.24 bits per heavy atom. The van der Waals surface area contributed by atoms with Crippen molar-refractivity contribution in [3.05, 3.63) is 58.0 Å². The smallest absolute Gasteiger partial charge is 0.120 e. The molecule has 21 heavy (non-hydrogen) atoms. The number of benzene rings is 1. The highest BCUT2D eigenvalue weighted by molar-refractivity contribution is 7.10. The number of rotatable bonds is 2. The minimum Gasteiger partial charge on any atom is -0.508 e. The lowest BCUT2D eigenvalue weighted by molar-refractivity contribution is 0.245. The van der Waals surface area contributed by atoms with Crippen molar-refractivity contribution >= 4 is 22.1 Å². The van der Waals surface area contributed by atoms with Crippen LogP contribution in [-0.4, -0.2) is 21.5 Å². The zero-order valence-corrected chi connectivity index (χ0v) is 12.4. The van der Waals surface area contributed by atoms with Gasteiger partial charge in [0.05, 0.1) is 0 Å². The quantitative estimate of drug-likeness (QED) is 0.785. The van der Waals surface area contributed by atoms with Crippen LogP contribution in [0.25, 0.3) is 10.8 Å². The SMILES string of the molecule is Oc1ccc2ccncc2c1CN1CCc2sccc2C1. The monoisotopic (exact) mass is 296 g/mol. The zero-order valence-electron chi connectivity index (χ0n) is 11.6. The lowest BCUT2D eigenvalue weighted by Gasteiger charge is -2.27. The van der Waals surface area contributed by atoms with Gasteiger partial charge in [0, 0.05) is 47.9 Å². The topological polar surface area (TPSA) is 36.4 Å². The number of hydrogen-bond acceptors (Lipinski definition) is 4. The van der Waals surface area contributed by atoms with Crippen molar-refractivity contribution < 1.29 is 5.11 Å². The maximum Gasteiger partial charge on any atom is 0.120 e. The third kappa shape index (κ3) is 2.30. The number of nitrogens with zero attached hydrogens (tertiary/aromatic N) is 2. The molecule has 0 amide bonds. The van der Waals surface area contributed by atoms with E-state index in [2.05, 4.69) is 21.3 Å². The Balaban J connectivity index is 1.67. The van der Waals surface area contributed by atoms with Gasteiger partial charge >= 0.3 is 0 Å². The molecule has 106 valence electrons. The zero-order chi connectivity index (χ0) is 14.2. The molecule has 3 nitrogen and oxygen atoms in total. The van der Waals surface area contributed by atoms with Gasteiger partial charge in [-0.15, -0.1) is 11.3 Å². The molecule has 1 aromatic carbocycles. The standard InChI is InChI=1S/C17H16N2OS/c20-16-2-1-12-3-6-18-9-14(12)15(16)11-19-7-4-17-13(10-19)5-8-21-17/h1-3,5-6,8-9,20H,4,7,10-11H2. The maximum atomic E-state index is 10.2. The van der Waals surface area contributed by atoms with Crippen LogP contribution < -0.4 is 0 Å². The first-order valence-corrected chi connectivity index (χ1v) is 8.01. The molecule has 3 heterocycles. The summed E-state index contributed by atoms with van der Waals surface area (Å²) >= 11 is 1.85. The van der Waals surface area contributed by atoms with Gasteiger partial charge in [-0.05, 0) is 40.9 Å². The minimum absolute atomic E-state index is 0.367. The summed E-state index contributed by atoms with van der Waals surface area (Å²) in [6.45, 7) is 2.78. The van der Waals surface area contributed by atoms with Gasteiger partial charge in [0.2, 0.25) is 0 Å². The van der Waals surface area contributed by atoms with Gasteiger partial charge in [-0.1, -0.05) is 6.07 Å². The highest BCUT2D eigenvalue weighted by atomic mass is 32.1. The first-order valence-electron chi connectivity index (χ1n) is 7.13. The molecule has 4 rings (SSSR count). The second-order valence-electron chi connectivity index (χ2n) is 5.49. The van der Waals surface area contributed by atoms with Crippen LogP contribution in [0.15, 0.2) is 42.0 Å². The molecule has 0 fully saturated rings. The van der Waals surface area contributed by atoms with Crippen molar-refractivity contribution in [1.82, 2.24) is 9.88 Å². The van der Waals surface area contributed by atoms with E-state index in [-0.39, 0.29) is 0 Å². The molecule has 0 bridgehead atoms. The molecule has 0 aliphatic carbocycles. The molecule has 3 aromatic rings. The van der Waals surface area contributed by atoms with Crippen LogP contribution >= 0.6 is 11.3 Å². The van der Waals surface area contributed by atoms with Crippen molar-refractivity contribution in [3.8, 4) is 5.75 Å². The van der Waals surface area contributed by atoms with E-state index in [0.717, 1.165) is 42.4 Å². The largest absolute Gasteiger partial charge is 0.508 e. The molecule has 1 N–H and O–H groups in total. The van der Waals surface area contributed by atoms with Gasteiger partial charge in [0.25, 0.3) is 0 Å². The molecule has 0 spiro atoms. The molecule has 0 radical (unpaired) electrons. The average molecular weight is 296 g/mol. The minimum atomic E-state index is 0.367. The van der Waals surface area contributed by atoms with Crippen LogP contribution in [0.2, 0.25) is 0 Å². The van der Waals surface area contributed by atoms with Gasteiger partial charge in [-0.25, -0.2) is 0 Å². The number of phenolic OH excluding ortho intramolecular Hbond substituents is 1. The number of thiophene rings is 1. The number of pyridine rings is 1. The summed E-state index contributed by atoms with van der Waals surface area (Å²) in [6.07, 6.45) is 4.75. The number of fused-ring (bicyclic) bond motifs is 2. The fraction of sp³-hybridized carbons (Fsp3) is 0.235. The van der Waals surface area contributed by atoms with Gasteiger partial charge in [-0.3, -0.25) is 9.88 Å². The third-order valence-corrected chi connectivity index (χ3v) is 5.20. The fourth-order valence-corrected chi connectivity index (χ4v) is 3.93. The van der Waals surface area contributed by atoms with E-state index in [1.807, 2.05) is 29.7 Å². The Kier molecular flexibility index (Phi) is 3.13. The molecule has 0 atom stereocenters. The lowest BCUT2D eigenvalue weighted by atomic mass is 10.0. The van der Waals surface area contributed by atoms with Crippen molar-refractivity contribution in [3.63, 3.8) is 0 Å². The summed E-state index contributed by atoms with van der Waals surface area (Å²) in [5.74, 6) is 0.367. The van der Waals surface area contributed by atoms with Crippen molar-refractivity contribution in [2.45, 2.75) is 19.5 Å². The normalized spacial score (nSPS) is 15.2. The number of aromatic nitrogens is 1. The number of phenols is 1. The van der Waals surface area contributed by atoms with Crippen LogP contribution in [0.5, 0.6) is 5.75 Å². The molecule has 0 saturated heterocycles. The molecule has 1 aliphatic rings. The number of aromatic hydroxyl groups is 1. The van der Waals surface area contributed by atoms with E-state index >= 15 is 0 Å². The van der Waals surface area contributed by atoms with Crippen LogP contribution in [0.3, 0.4) is 0 Å². The maximum absolute atomic E-state index is 10.2. The van der Waals surface area contributed by atoms with Gasteiger partial charge in [0.15, 0.2) is 0 Å². The summed E-state index contributed by atoms with van der Waals surface area (Å²) in [6, 6.07) is 7.95. The fourth-order valence-electron chi connectivity index (χ4n) is 3.04. The average Bonchev–Trinajstić information content (AvgIpc) is 2.98. The molecule has 2 aromatic heterocycles. The predicted octanol–water partition coefficient (Wildman–Crippen LogP) is 3.56. The van der Waals surface area contributed by atoms with Crippen LogP contribution in [0.1, 0.15) is 16.0 Å². The van der Waals surface area contributed by atoms with E-state index < -0.39 is 0 Å². The van der Waals surface area contributed by atoms with Gasteiger partial charge in [-0.2, -0.15) is 0 Å². The Hall–Kier alpha value is -1.91.